The van der Waals surface area contributed by atoms with Crippen molar-refractivity contribution in [3.63, 3.8) is 0 Å². The van der Waals surface area contributed by atoms with Crippen LogP contribution < -0.4 is 15.3 Å². The van der Waals surface area contributed by atoms with E-state index in [2.05, 4.69) is 164 Å². The molecule has 228 valence electrons. The molecule has 0 saturated heterocycles. The molecule has 1 aliphatic heterocycles. The number of hydrogen-bond acceptors (Lipinski definition) is 3. The van der Waals surface area contributed by atoms with Gasteiger partial charge in [0.15, 0.2) is 0 Å². The summed E-state index contributed by atoms with van der Waals surface area (Å²) in [5.74, 6) is 0. The van der Waals surface area contributed by atoms with Gasteiger partial charge in [-0.25, -0.2) is 0 Å². The van der Waals surface area contributed by atoms with Gasteiger partial charge in [-0.05, 0) is 75.6 Å². The van der Waals surface area contributed by atoms with Crippen molar-refractivity contribution in [1.29, 1.82) is 0 Å². The van der Waals surface area contributed by atoms with E-state index >= 15 is 0 Å². The SMILES string of the molecule is C[Si]1(C)c2cc(N(c3ccc(-c4ccccc4)cc3)c3cccc4oc5ccccc5c34)ccc2-c2c1ccc1c2oc2ccccc21. The van der Waals surface area contributed by atoms with Gasteiger partial charge in [0.1, 0.15) is 30.4 Å². The maximum Gasteiger partial charge on any atom is 0.143 e. The number of anilines is 3. The fraction of sp³-hybridized carbons (Fsp3) is 0.0455. The number of benzene rings is 7. The zero-order valence-corrected chi connectivity index (χ0v) is 27.7. The van der Waals surface area contributed by atoms with Crippen LogP contribution in [-0.4, -0.2) is 8.07 Å². The lowest BCUT2D eigenvalue weighted by Gasteiger charge is -2.28. The highest BCUT2D eigenvalue weighted by Crippen LogP contribution is 2.45. The molecule has 0 saturated carbocycles. The molecule has 0 radical (unpaired) electrons. The summed E-state index contributed by atoms with van der Waals surface area (Å²) in [6.45, 7) is 4.94. The molecule has 4 heteroatoms. The Hall–Kier alpha value is -5.84. The van der Waals surface area contributed by atoms with Crippen LogP contribution in [0, 0.1) is 0 Å². The molecule has 0 N–H and O–H groups in total. The van der Waals surface area contributed by atoms with Gasteiger partial charge in [-0.2, -0.15) is 0 Å². The Bertz CT molecular complexity index is 2700. The third-order valence-corrected chi connectivity index (χ3v) is 13.8. The number of para-hydroxylation sites is 2. The number of furan rings is 2. The van der Waals surface area contributed by atoms with Gasteiger partial charge >= 0.3 is 0 Å². The molecule has 7 aromatic carbocycles. The Balaban J connectivity index is 1.20. The molecular formula is C44H31NO2Si. The molecule has 0 spiro atoms. The highest BCUT2D eigenvalue weighted by atomic mass is 28.3. The highest BCUT2D eigenvalue weighted by molar-refractivity contribution is 7.04. The van der Waals surface area contributed by atoms with E-state index in [1.54, 1.807) is 0 Å². The van der Waals surface area contributed by atoms with E-state index in [4.69, 9.17) is 8.83 Å². The molecule has 0 bridgehead atoms. The molecule has 0 atom stereocenters. The van der Waals surface area contributed by atoms with Gasteiger partial charge < -0.3 is 13.7 Å². The van der Waals surface area contributed by atoms with Gasteiger partial charge in [-0.3, -0.25) is 0 Å². The average Bonchev–Trinajstić information content (AvgIpc) is 3.77. The van der Waals surface area contributed by atoms with Crippen LogP contribution in [0.5, 0.6) is 0 Å². The van der Waals surface area contributed by atoms with E-state index in [0.29, 0.717) is 0 Å². The minimum Gasteiger partial charge on any atom is -0.456 e. The maximum absolute atomic E-state index is 6.59. The molecule has 0 aliphatic carbocycles. The lowest BCUT2D eigenvalue weighted by molar-refractivity contribution is 0.669. The molecule has 48 heavy (non-hydrogen) atoms. The van der Waals surface area contributed by atoms with E-state index in [1.165, 1.54) is 43.4 Å². The van der Waals surface area contributed by atoms with Crippen molar-refractivity contribution in [1.82, 2.24) is 0 Å². The molecule has 3 nitrogen and oxygen atoms in total. The lowest BCUT2D eigenvalue weighted by Crippen LogP contribution is -2.49. The first-order valence-corrected chi connectivity index (χ1v) is 19.5. The van der Waals surface area contributed by atoms with Crippen LogP contribution in [0.25, 0.3) is 66.1 Å². The Morgan fingerprint density at radius 1 is 0.479 bits per heavy atom. The maximum atomic E-state index is 6.59. The first kappa shape index (κ1) is 27.3. The summed E-state index contributed by atoms with van der Waals surface area (Å²) in [5.41, 5.74) is 12.0. The Labute approximate surface area is 279 Å². The van der Waals surface area contributed by atoms with Crippen LogP contribution in [0.1, 0.15) is 0 Å². The second-order valence-corrected chi connectivity index (χ2v) is 17.6. The fourth-order valence-corrected chi connectivity index (χ4v) is 11.0. The van der Waals surface area contributed by atoms with E-state index in [1.807, 2.05) is 6.07 Å². The minimum absolute atomic E-state index is 0.884. The number of nitrogens with zero attached hydrogens (tertiary/aromatic N) is 1. The monoisotopic (exact) mass is 633 g/mol. The molecule has 1 aliphatic rings. The number of rotatable bonds is 4. The van der Waals surface area contributed by atoms with E-state index in [-0.39, 0.29) is 0 Å². The second kappa shape index (κ2) is 10.1. The van der Waals surface area contributed by atoms with Crippen molar-refractivity contribution >= 4 is 79.4 Å². The summed E-state index contributed by atoms with van der Waals surface area (Å²) in [6.07, 6.45) is 0. The van der Waals surface area contributed by atoms with Gasteiger partial charge in [0.2, 0.25) is 0 Å². The van der Waals surface area contributed by atoms with Gasteiger partial charge in [-0.15, -0.1) is 0 Å². The van der Waals surface area contributed by atoms with Crippen molar-refractivity contribution in [2.75, 3.05) is 4.90 Å². The summed E-state index contributed by atoms with van der Waals surface area (Å²) in [4.78, 5) is 2.41. The van der Waals surface area contributed by atoms with E-state index in [0.717, 1.165) is 50.2 Å². The van der Waals surface area contributed by atoms with Crippen LogP contribution in [0.4, 0.5) is 17.1 Å². The zero-order chi connectivity index (χ0) is 32.0. The molecule has 0 fully saturated rings. The van der Waals surface area contributed by atoms with Crippen LogP contribution in [0.15, 0.2) is 160 Å². The highest BCUT2D eigenvalue weighted by Gasteiger charge is 2.40. The van der Waals surface area contributed by atoms with Gasteiger partial charge in [0.05, 0.1) is 11.1 Å². The molecule has 9 aromatic rings. The summed E-state index contributed by atoms with van der Waals surface area (Å²) in [6, 6.07) is 54.3. The largest absolute Gasteiger partial charge is 0.456 e. The number of fused-ring (bicyclic) bond motifs is 10. The van der Waals surface area contributed by atoms with Crippen LogP contribution in [0.3, 0.4) is 0 Å². The smallest absolute Gasteiger partial charge is 0.143 e. The van der Waals surface area contributed by atoms with Crippen LogP contribution >= 0.6 is 0 Å². The lowest BCUT2D eigenvalue weighted by atomic mass is 10.0. The van der Waals surface area contributed by atoms with Crippen molar-refractivity contribution < 1.29 is 8.83 Å². The van der Waals surface area contributed by atoms with Gasteiger partial charge in [0.25, 0.3) is 0 Å². The van der Waals surface area contributed by atoms with E-state index in [9.17, 15) is 0 Å². The fourth-order valence-electron chi connectivity index (χ4n) is 7.93. The zero-order valence-electron chi connectivity index (χ0n) is 26.7. The van der Waals surface area contributed by atoms with Crippen LogP contribution in [0.2, 0.25) is 13.1 Å². The predicted octanol–water partition coefficient (Wildman–Crippen LogP) is 11.4. The molecule has 10 rings (SSSR count). The summed E-state index contributed by atoms with van der Waals surface area (Å²) in [7, 11) is -2.07. The van der Waals surface area contributed by atoms with Crippen LogP contribution in [-0.2, 0) is 0 Å². The second-order valence-electron chi connectivity index (χ2n) is 13.3. The molecule has 0 amide bonds. The molecule has 2 aromatic heterocycles. The summed E-state index contributed by atoms with van der Waals surface area (Å²) >= 11 is 0. The summed E-state index contributed by atoms with van der Waals surface area (Å²) in [5, 5.41) is 7.45. The molecular weight excluding hydrogens is 603 g/mol. The van der Waals surface area contributed by atoms with Crippen molar-refractivity contribution in [3.8, 4) is 22.3 Å². The summed E-state index contributed by atoms with van der Waals surface area (Å²) < 4.78 is 13.0. The molecule has 0 unspecified atom stereocenters. The van der Waals surface area contributed by atoms with Crippen molar-refractivity contribution in [2.45, 2.75) is 13.1 Å². The first-order valence-electron chi connectivity index (χ1n) is 16.5. The Morgan fingerprint density at radius 3 is 1.96 bits per heavy atom. The Kier molecular flexibility index (Phi) is 5.73. The normalized spacial score (nSPS) is 13.4. The van der Waals surface area contributed by atoms with Crippen molar-refractivity contribution in [2.24, 2.45) is 0 Å². The van der Waals surface area contributed by atoms with Gasteiger partial charge in [-0.1, -0.05) is 116 Å². The van der Waals surface area contributed by atoms with E-state index < -0.39 is 8.07 Å². The minimum atomic E-state index is -2.07. The predicted molar refractivity (Wildman–Crippen MR) is 203 cm³/mol. The third kappa shape index (κ3) is 3.87. The van der Waals surface area contributed by atoms with Crippen molar-refractivity contribution in [3.05, 3.63) is 152 Å². The quantitative estimate of drug-likeness (QED) is 0.181. The Morgan fingerprint density at radius 2 is 1.15 bits per heavy atom. The standard InChI is InChI=1S/C44H31NO2Si/c1-48(2)40-26-25-33-32-13-6-8-16-37(32)47-44(33)43(40)35-24-23-31(27-41(35)48)45(30-21-19-29(20-22-30)28-11-4-3-5-12-28)36-15-10-18-39-42(36)34-14-7-9-17-38(34)46-39/h3-27H,1-2H3. The first-order chi connectivity index (χ1) is 23.6. The average molecular weight is 634 g/mol. The number of hydrogen-bond donors (Lipinski definition) is 0. The van der Waals surface area contributed by atoms with Gasteiger partial charge in [0, 0.05) is 33.1 Å². The third-order valence-electron chi connectivity index (χ3n) is 10.3. The topological polar surface area (TPSA) is 29.5 Å². The molecule has 3 heterocycles.